The molecule has 1 fully saturated rings. The second kappa shape index (κ2) is 7.71. The second-order valence-electron chi connectivity index (χ2n) is 7.72. The van der Waals surface area contributed by atoms with Gasteiger partial charge < -0.3 is 14.5 Å². The lowest BCUT2D eigenvalue weighted by molar-refractivity contribution is -0.132. The number of fused-ring (bicyclic) bond motifs is 1. The van der Waals surface area contributed by atoms with Crippen LogP contribution in [-0.4, -0.2) is 45.7 Å². The Balaban J connectivity index is 1.48. The van der Waals surface area contributed by atoms with Crippen LogP contribution in [0.1, 0.15) is 36.2 Å². The number of carbonyl (C=O) groups excluding carboxylic acids is 2. The first-order valence-corrected chi connectivity index (χ1v) is 10.2. The third kappa shape index (κ3) is 3.96. The average Bonchev–Trinajstić information content (AvgIpc) is 3.48. The van der Waals surface area contributed by atoms with Crippen molar-refractivity contribution in [2.24, 2.45) is 7.05 Å². The summed E-state index contributed by atoms with van der Waals surface area (Å²) in [7, 11) is 1.92. The number of carbonyl (C=O) groups is 2. The van der Waals surface area contributed by atoms with Gasteiger partial charge in [0.2, 0.25) is 5.91 Å². The van der Waals surface area contributed by atoms with Crippen LogP contribution in [0.2, 0.25) is 5.02 Å². The number of hydrogen-bond acceptors (Lipinski definition) is 4. The van der Waals surface area contributed by atoms with E-state index < -0.39 is 0 Å². The van der Waals surface area contributed by atoms with E-state index in [1.165, 1.54) is 0 Å². The molecule has 29 heavy (non-hydrogen) atoms. The topological polar surface area (TPSA) is 67.7 Å². The first kappa shape index (κ1) is 19.8. The van der Waals surface area contributed by atoms with Gasteiger partial charge in [-0.2, -0.15) is 5.10 Å². The van der Waals surface area contributed by atoms with Crippen LogP contribution in [0, 0.1) is 13.8 Å². The highest BCUT2D eigenvalue weighted by Crippen LogP contribution is 2.35. The fourth-order valence-corrected chi connectivity index (χ4v) is 3.96. The van der Waals surface area contributed by atoms with Crippen LogP contribution in [0.3, 0.4) is 0 Å². The number of benzene rings is 1. The maximum atomic E-state index is 13.1. The van der Waals surface area contributed by atoms with Gasteiger partial charge in [-0.3, -0.25) is 14.3 Å². The smallest absolute Gasteiger partial charge is 0.265 e. The van der Waals surface area contributed by atoms with Crippen molar-refractivity contribution in [3.63, 3.8) is 0 Å². The van der Waals surface area contributed by atoms with Gasteiger partial charge in [-0.25, -0.2) is 0 Å². The number of hydrogen-bond donors (Lipinski definition) is 0. The van der Waals surface area contributed by atoms with Gasteiger partial charge in [-0.15, -0.1) is 0 Å². The van der Waals surface area contributed by atoms with E-state index in [9.17, 15) is 9.59 Å². The molecule has 0 radical (unpaired) electrons. The Morgan fingerprint density at radius 1 is 1.34 bits per heavy atom. The zero-order valence-corrected chi connectivity index (χ0v) is 17.7. The quantitative estimate of drug-likeness (QED) is 0.726. The summed E-state index contributed by atoms with van der Waals surface area (Å²) in [6.45, 7) is 4.85. The number of anilines is 1. The third-order valence-corrected chi connectivity index (χ3v) is 5.94. The Morgan fingerprint density at radius 3 is 2.76 bits per heavy atom. The summed E-state index contributed by atoms with van der Waals surface area (Å²) in [6, 6.07) is 5.47. The molecule has 0 unspecified atom stereocenters. The number of ether oxygens (including phenoxy) is 1. The minimum absolute atomic E-state index is 0.0246. The van der Waals surface area contributed by atoms with E-state index in [1.807, 2.05) is 30.5 Å². The summed E-state index contributed by atoms with van der Waals surface area (Å²) in [5.41, 5.74) is 3.76. The van der Waals surface area contributed by atoms with E-state index >= 15 is 0 Å². The molecule has 154 valence electrons. The van der Waals surface area contributed by atoms with Crippen LogP contribution in [0.15, 0.2) is 18.2 Å². The van der Waals surface area contributed by atoms with E-state index in [4.69, 9.17) is 16.3 Å². The zero-order chi connectivity index (χ0) is 20.7. The van der Waals surface area contributed by atoms with E-state index in [-0.39, 0.29) is 30.9 Å². The molecule has 0 saturated heterocycles. The van der Waals surface area contributed by atoms with Gasteiger partial charge in [0.15, 0.2) is 6.61 Å². The Morgan fingerprint density at radius 2 is 2.10 bits per heavy atom. The van der Waals surface area contributed by atoms with Crippen molar-refractivity contribution in [2.45, 2.75) is 45.7 Å². The fourth-order valence-electron chi connectivity index (χ4n) is 3.80. The van der Waals surface area contributed by atoms with Gasteiger partial charge in [0.1, 0.15) is 5.75 Å². The summed E-state index contributed by atoms with van der Waals surface area (Å²) in [5, 5.41) is 4.99. The molecule has 0 atom stereocenters. The van der Waals surface area contributed by atoms with Crippen molar-refractivity contribution in [3.05, 3.63) is 40.2 Å². The van der Waals surface area contributed by atoms with Crippen molar-refractivity contribution in [2.75, 3.05) is 18.1 Å². The number of amides is 2. The molecule has 0 bridgehead atoms. The minimum Gasteiger partial charge on any atom is -0.482 e. The van der Waals surface area contributed by atoms with Gasteiger partial charge >= 0.3 is 0 Å². The summed E-state index contributed by atoms with van der Waals surface area (Å²) >= 11 is 6.10. The highest BCUT2D eigenvalue weighted by atomic mass is 35.5. The monoisotopic (exact) mass is 416 g/mol. The van der Waals surface area contributed by atoms with Gasteiger partial charge in [0.25, 0.3) is 5.91 Å². The Kier molecular flexibility index (Phi) is 5.25. The maximum absolute atomic E-state index is 13.1. The third-order valence-electron chi connectivity index (χ3n) is 5.71. The van der Waals surface area contributed by atoms with Crippen LogP contribution in [0.5, 0.6) is 5.75 Å². The molecule has 0 N–H and O–H groups in total. The molecule has 8 heteroatoms. The number of rotatable bonds is 6. The molecular weight excluding hydrogens is 392 g/mol. The molecule has 0 spiro atoms. The van der Waals surface area contributed by atoms with Gasteiger partial charge in [0.05, 0.1) is 11.4 Å². The van der Waals surface area contributed by atoms with Crippen LogP contribution in [0.25, 0.3) is 0 Å². The summed E-state index contributed by atoms with van der Waals surface area (Å²) < 4.78 is 7.33. The lowest BCUT2D eigenvalue weighted by Crippen LogP contribution is -2.42. The Hall–Kier alpha value is -2.54. The Labute approximate surface area is 175 Å². The van der Waals surface area contributed by atoms with Crippen LogP contribution < -0.4 is 9.64 Å². The van der Waals surface area contributed by atoms with E-state index in [0.717, 1.165) is 29.8 Å². The predicted molar refractivity (Wildman–Crippen MR) is 110 cm³/mol. The van der Waals surface area contributed by atoms with Crippen molar-refractivity contribution in [1.82, 2.24) is 14.7 Å². The standard InChI is InChI=1S/C21H25ClN4O3/c1-13-17(14(2)24(3)23-13)11-26(16-5-6-16)20(27)8-9-25-18-10-15(22)4-7-19(18)29-12-21(25)28/h4,7,10,16H,5-6,8-9,11-12H2,1-3H3. The van der Waals surface area contributed by atoms with Gasteiger partial charge in [-0.05, 0) is 44.9 Å². The molecule has 1 saturated carbocycles. The SMILES string of the molecule is Cc1nn(C)c(C)c1CN(C(=O)CCN1C(=O)COc2ccc(Cl)cc21)C1CC1. The second-order valence-corrected chi connectivity index (χ2v) is 8.16. The molecule has 1 aliphatic carbocycles. The van der Waals surface area contributed by atoms with Crippen LogP contribution in [0.4, 0.5) is 5.69 Å². The summed E-state index contributed by atoms with van der Waals surface area (Å²) in [5.74, 6) is 0.504. The molecular formula is C21H25ClN4O3. The molecule has 2 aromatic rings. The van der Waals surface area contributed by atoms with E-state index in [0.29, 0.717) is 29.5 Å². The first-order valence-electron chi connectivity index (χ1n) is 9.86. The van der Waals surface area contributed by atoms with E-state index in [2.05, 4.69) is 5.10 Å². The molecule has 4 rings (SSSR count). The zero-order valence-electron chi connectivity index (χ0n) is 16.9. The fraction of sp³-hybridized carbons (Fsp3) is 0.476. The highest BCUT2D eigenvalue weighted by molar-refractivity contribution is 6.31. The van der Waals surface area contributed by atoms with Gasteiger partial charge in [0, 0.05) is 48.9 Å². The summed E-state index contributed by atoms with van der Waals surface area (Å²) in [6.07, 6.45) is 2.31. The van der Waals surface area contributed by atoms with Crippen molar-refractivity contribution in [1.29, 1.82) is 0 Å². The van der Waals surface area contributed by atoms with Crippen molar-refractivity contribution >= 4 is 29.1 Å². The Bertz CT molecular complexity index is 967. The molecule has 1 aromatic carbocycles. The highest BCUT2D eigenvalue weighted by Gasteiger charge is 2.34. The lowest BCUT2D eigenvalue weighted by Gasteiger charge is -2.30. The van der Waals surface area contributed by atoms with Crippen LogP contribution in [-0.2, 0) is 23.2 Å². The number of aryl methyl sites for hydroxylation is 2. The molecule has 7 nitrogen and oxygen atoms in total. The van der Waals surface area contributed by atoms with E-state index in [1.54, 1.807) is 23.1 Å². The molecule has 1 aromatic heterocycles. The maximum Gasteiger partial charge on any atom is 0.265 e. The van der Waals surface area contributed by atoms with Crippen molar-refractivity contribution in [3.8, 4) is 5.75 Å². The normalized spacial score (nSPS) is 15.9. The molecule has 2 heterocycles. The number of aromatic nitrogens is 2. The summed E-state index contributed by atoms with van der Waals surface area (Å²) in [4.78, 5) is 29.0. The first-order chi connectivity index (χ1) is 13.8. The number of nitrogens with zero attached hydrogens (tertiary/aromatic N) is 4. The largest absolute Gasteiger partial charge is 0.482 e. The average molecular weight is 417 g/mol. The molecule has 1 aliphatic heterocycles. The van der Waals surface area contributed by atoms with Gasteiger partial charge in [-0.1, -0.05) is 11.6 Å². The molecule has 2 amide bonds. The van der Waals surface area contributed by atoms with Crippen LogP contribution >= 0.6 is 11.6 Å². The van der Waals surface area contributed by atoms with Crippen molar-refractivity contribution < 1.29 is 14.3 Å². The number of halogens is 1. The minimum atomic E-state index is -0.163. The predicted octanol–water partition coefficient (Wildman–Crippen LogP) is 3.00. The molecule has 2 aliphatic rings. The lowest BCUT2D eigenvalue weighted by atomic mass is 10.1.